The second kappa shape index (κ2) is 7.61. The molecular formula is C25H23NO5. The minimum absolute atomic E-state index is 0.0261. The van der Waals surface area contributed by atoms with Crippen molar-refractivity contribution in [2.75, 3.05) is 6.61 Å². The van der Waals surface area contributed by atoms with Crippen LogP contribution in [0.2, 0.25) is 0 Å². The highest BCUT2D eigenvalue weighted by Crippen LogP contribution is 2.37. The number of nitrogens with one attached hydrogen (secondary N) is 1. The van der Waals surface area contributed by atoms with E-state index in [0.29, 0.717) is 48.5 Å². The van der Waals surface area contributed by atoms with Gasteiger partial charge in [-0.1, -0.05) is 18.2 Å². The summed E-state index contributed by atoms with van der Waals surface area (Å²) in [6.45, 7) is 2.23. The molecule has 0 fully saturated rings. The number of ether oxygens (including phenoxy) is 1. The van der Waals surface area contributed by atoms with Crippen molar-refractivity contribution < 1.29 is 23.8 Å². The molecule has 3 aromatic rings. The summed E-state index contributed by atoms with van der Waals surface area (Å²) in [7, 11) is 0. The summed E-state index contributed by atoms with van der Waals surface area (Å²) in [5, 5.41) is 12.9. The van der Waals surface area contributed by atoms with Gasteiger partial charge in [-0.3, -0.25) is 9.59 Å². The smallest absolute Gasteiger partial charge is 0.256 e. The van der Waals surface area contributed by atoms with Gasteiger partial charge in [0.1, 0.15) is 23.0 Å². The van der Waals surface area contributed by atoms with Crippen molar-refractivity contribution in [1.82, 2.24) is 5.32 Å². The van der Waals surface area contributed by atoms with Crippen LogP contribution < -0.4 is 10.1 Å². The molecule has 1 aromatic heterocycles. The molecule has 158 valence electrons. The van der Waals surface area contributed by atoms with Gasteiger partial charge in [0.05, 0.1) is 23.8 Å². The first-order valence-electron chi connectivity index (χ1n) is 10.5. The number of ketones is 1. The van der Waals surface area contributed by atoms with Crippen LogP contribution in [0.3, 0.4) is 0 Å². The molecule has 1 aliphatic heterocycles. The quantitative estimate of drug-likeness (QED) is 0.643. The molecule has 2 aliphatic rings. The third-order valence-electron chi connectivity index (χ3n) is 6.00. The van der Waals surface area contributed by atoms with Gasteiger partial charge < -0.3 is 19.6 Å². The predicted molar refractivity (Wildman–Crippen MR) is 115 cm³/mol. The Hall–Kier alpha value is -3.54. The maximum atomic E-state index is 13.2. The molecule has 0 bridgehead atoms. The topological polar surface area (TPSA) is 88.8 Å². The zero-order chi connectivity index (χ0) is 21.5. The summed E-state index contributed by atoms with van der Waals surface area (Å²) >= 11 is 0. The highest BCUT2D eigenvalue weighted by atomic mass is 16.5. The van der Waals surface area contributed by atoms with Crippen molar-refractivity contribution in [1.29, 1.82) is 0 Å². The van der Waals surface area contributed by atoms with Crippen LogP contribution >= 0.6 is 0 Å². The number of carbonyl (C=O) groups excluding carboxylic acids is 2. The molecule has 2 aromatic carbocycles. The number of rotatable bonds is 3. The fraction of sp³-hybridized carbons (Fsp3) is 0.280. The van der Waals surface area contributed by atoms with Crippen molar-refractivity contribution in [2.45, 2.75) is 38.6 Å². The number of benzene rings is 2. The monoisotopic (exact) mass is 417 g/mol. The summed E-state index contributed by atoms with van der Waals surface area (Å²) in [5.41, 5.74) is 3.48. The number of hydrogen-bond acceptors (Lipinski definition) is 5. The van der Waals surface area contributed by atoms with Gasteiger partial charge >= 0.3 is 0 Å². The molecule has 1 unspecified atom stereocenters. The summed E-state index contributed by atoms with van der Waals surface area (Å²) in [5.74, 6) is 1.71. The van der Waals surface area contributed by atoms with Crippen molar-refractivity contribution in [2.24, 2.45) is 0 Å². The van der Waals surface area contributed by atoms with Gasteiger partial charge in [0.15, 0.2) is 5.78 Å². The van der Waals surface area contributed by atoms with Crippen LogP contribution in [0.1, 0.15) is 63.1 Å². The van der Waals surface area contributed by atoms with E-state index in [1.54, 1.807) is 25.1 Å². The lowest BCUT2D eigenvalue weighted by Crippen LogP contribution is -2.33. The van der Waals surface area contributed by atoms with Crippen molar-refractivity contribution >= 4 is 11.7 Å². The Labute approximate surface area is 179 Å². The molecule has 0 saturated carbocycles. The molecule has 1 amide bonds. The standard InChI is InChI=1S/C25H23NO5/c1-14-23(24-20(28)6-3-7-22(24)31-14)25(29)26-19-10-11-30-21-9-8-16(13-18(19)21)15-4-2-5-17(27)12-15/h2,4-5,8-9,12-13,19,27H,3,6-7,10-11H2,1H3,(H,26,29). The van der Waals surface area contributed by atoms with Gasteiger partial charge in [-0.25, -0.2) is 0 Å². The maximum Gasteiger partial charge on any atom is 0.256 e. The van der Waals surface area contributed by atoms with Crippen LogP contribution in [-0.2, 0) is 6.42 Å². The lowest BCUT2D eigenvalue weighted by Gasteiger charge is -2.27. The zero-order valence-electron chi connectivity index (χ0n) is 17.2. The number of amides is 1. The average Bonchev–Trinajstić information content (AvgIpc) is 3.11. The Morgan fingerprint density at radius 2 is 1.97 bits per heavy atom. The molecule has 6 nitrogen and oxygen atoms in total. The fourth-order valence-electron chi connectivity index (χ4n) is 4.52. The predicted octanol–water partition coefficient (Wildman–Crippen LogP) is 4.73. The number of Topliss-reactive ketones (excluding diaryl/α,β-unsaturated/α-hetero) is 1. The number of carbonyl (C=O) groups is 2. The van der Waals surface area contributed by atoms with Crippen molar-refractivity contribution in [3.63, 3.8) is 0 Å². The Bertz CT molecular complexity index is 1190. The average molecular weight is 417 g/mol. The Kier molecular flexibility index (Phi) is 4.77. The molecule has 6 heteroatoms. The van der Waals surface area contributed by atoms with Crippen LogP contribution in [0.25, 0.3) is 11.1 Å². The number of aromatic hydroxyl groups is 1. The summed E-state index contributed by atoms with van der Waals surface area (Å²) in [4.78, 5) is 25.7. The Morgan fingerprint density at radius 3 is 2.81 bits per heavy atom. The molecule has 0 radical (unpaired) electrons. The molecule has 0 saturated heterocycles. The first-order valence-corrected chi connectivity index (χ1v) is 10.5. The first kappa shape index (κ1) is 19.4. The van der Waals surface area contributed by atoms with E-state index in [1.165, 1.54) is 0 Å². The SMILES string of the molecule is Cc1oc2c(c1C(=O)NC1CCOc3ccc(-c4cccc(O)c4)cc31)C(=O)CCC2. The first-order chi connectivity index (χ1) is 15.0. The van der Waals surface area contributed by atoms with Gasteiger partial charge in [-0.15, -0.1) is 0 Å². The number of phenols is 1. The van der Waals surface area contributed by atoms with Crippen molar-refractivity contribution in [3.05, 3.63) is 70.7 Å². The zero-order valence-corrected chi connectivity index (χ0v) is 17.2. The molecule has 1 atom stereocenters. The number of aryl methyl sites for hydroxylation is 2. The highest BCUT2D eigenvalue weighted by Gasteiger charge is 2.32. The summed E-state index contributed by atoms with van der Waals surface area (Å²) in [6, 6.07) is 12.6. The normalized spacial score (nSPS) is 17.5. The lowest BCUT2D eigenvalue weighted by molar-refractivity contribution is 0.0906. The molecule has 1 aliphatic carbocycles. The van der Waals surface area contributed by atoms with E-state index in [-0.39, 0.29) is 23.5 Å². The third-order valence-corrected chi connectivity index (χ3v) is 6.00. The molecule has 5 rings (SSSR count). The van der Waals surface area contributed by atoms with E-state index < -0.39 is 0 Å². The molecule has 0 spiro atoms. The van der Waals surface area contributed by atoms with Crippen LogP contribution in [-0.4, -0.2) is 23.4 Å². The van der Waals surface area contributed by atoms with E-state index in [1.807, 2.05) is 24.3 Å². The van der Waals surface area contributed by atoms with Crippen LogP contribution in [0.15, 0.2) is 46.9 Å². The van der Waals surface area contributed by atoms with E-state index in [4.69, 9.17) is 9.15 Å². The number of hydrogen-bond donors (Lipinski definition) is 2. The fourth-order valence-corrected chi connectivity index (χ4v) is 4.52. The number of furan rings is 1. The minimum Gasteiger partial charge on any atom is -0.508 e. The third kappa shape index (κ3) is 3.48. The Morgan fingerprint density at radius 1 is 1.13 bits per heavy atom. The molecule has 2 N–H and O–H groups in total. The molecule has 31 heavy (non-hydrogen) atoms. The van der Waals surface area contributed by atoms with Gasteiger partial charge in [-0.05, 0) is 48.7 Å². The Balaban J connectivity index is 1.47. The van der Waals surface area contributed by atoms with E-state index in [2.05, 4.69) is 5.32 Å². The van der Waals surface area contributed by atoms with Gasteiger partial charge in [-0.2, -0.15) is 0 Å². The number of phenolic OH excluding ortho intramolecular Hbond substituents is 1. The molecular weight excluding hydrogens is 394 g/mol. The highest BCUT2D eigenvalue weighted by molar-refractivity contribution is 6.10. The van der Waals surface area contributed by atoms with Crippen LogP contribution in [0, 0.1) is 6.92 Å². The minimum atomic E-state index is -0.293. The second-order valence-corrected chi connectivity index (χ2v) is 8.07. The van der Waals surface area contributed by atoms with E-state index in [0.717, 1.165) is 28.9 Å². The van der Waals surface area contributed by atoms with E-state index >= 15 is 0 Å². The van der Waals surface area contributed by atoms with Crippen molar-refractivity contribution in [3.8, 4) is 22.6 Å². The summed E-state index contributed by atoms with van der Waals surface area (Å²) in [6.07, 6.45) is 2.50. The maximum absolute atomic E-state index is 13.2. The van der Waals surface area contributed by atoms with Crippen LogP contribution in [0.5, 0.6) is 11.5 Å². The largest absolute Gasteiger partial charge is 0.508 e. The van der Waals surface area contributed by atoms with Crippen LogP contribution in [0.4, 0.5) is 0 Å². The summed E-state index contributed by atoms with van der Waals surface area (Å²) < 4.78 is 11.5. The second-order valence-electron chi connectivity index (χ2n) is 8.07. The van der Waals surface area contributed by atoms with Gasteiger partial charge in [0, 0.05) is 24.8 Å². The number of fused-ring (bicyclic) bond motifs is 2. The lowest BCUT2D eigenvalue weighted by atomic mass is 9.92. The van der Waals surface area contributed by atoms with Gasteiger partial charge in [0.25, 0.3) is 5.91 Å². The molecule has 2 heterocycles. The van der Waals surface area contributed by atoms with E-state index in [9.17, 15) is 14.7 Å². The van der Waals surface area contributed by atoms with Gasteiger partial charge in [0.2, 0.25) is 0 Å².